The van der Waals surface area contributed by atoms with E-state index in [2.05, 4.69) is 31.6 Å². The minimum Gasteiger partial charge on any atom is -0.478 e. The van der Waals surface area contributed by atoms with Gasteiger partial charge in [0.2, 0.25) is 5.91 Å². The summed E-state index contributed by atoms with van der Waals surface area (Å²) in [5.41, 5.74) is 0. The van der Waals surface area contributed by atoms with Crippen LogP contribution >= 0.6 is 0 Å². The summed E-state index contributed by atoms with van der Waals surface area (Å²) in [5.74, 6) is -1.09. The molecule has 0 radical (unpaired) electrons. The second-order valence-electron chi connectivity index (χ2n) is 2.76. The van der Waals surface area contributed by atoms with Crippen LogP contribution in [-0.2, 0) is 14.3 Å². The van der Waals surface area contributed by atoms with E-state index in [1.165, 1.54) is 6.08 Å². The Hall–Kier alpha value is -2.14. The molecule has 2 N–H and O–H groups in total. The standard InChI is InChI=1S/C6H10O.C5H9NO.C3H4O2/c1-3-5-7-6-4-2;1-3-5(7)6-4-2;1-2-3(4)5/h3-4H,1-2,5-6H2;3H,1,4H2,2H3,(H,6,7);2H,1H2,(H,4,5). The molecule has 0 aliphatic rings. The molecule has 0 heterocycles. The highest BCUT2D eigenvalue weighted by Gasteiger charge is 1.83. The molecule has 0 aliphatic carbocycles. The van der Waals surface area contributed by atoms with Crippen LogP contribution in [-0.4, -0.2) is 36.7 Å². The predicted octanol–water partition coefficient (Wildman–Crippen LogP) is 1.94. The van der Waals surface area contributed by atoms with Crippen LogP contribution in [0.5, 0.6) is 0 Å². The molecular formula is C14H23NO4. The van der Waals surface area contributed by atoms with Gasteiger partial charge in [0.05, 0.1) is 13.2 Å². The van der Waals surface area contributed by atoms with Gasteiger partial charge in [-0.25, -0.2) is 4.79 Å². The van der Waals surface area contributed by atoms with Crippen LogP contribution in [0.1, 0.15) is 6.92 Å². The fourth-order valence-corrected chi connectivity index (χ4v) is 0.481. The summed E-state index contributed by atoms with van der Waals surface area (Å²) >= 11 is 0. The molecular weight excluding hydrogens is 246 g/mol. The molecule has 0 atom stereocenters. The van der Waals surface area contributed by atoms with Crippen molar-refractivity contribution in [2.75, 3.05) is 19.8 Å². The van der Waals surface area contributed by atoms with Crippen LogP contribution in [0.25, 0.3) is 0 Å². The van der Waals surface area contributed by atoms with E-state index < -0.39 is 5.97 Å². The van der Waals surface area contributed by atoms with Crippen LogP contribution in [0.15, 0.2) is 50.6 Å². The molecule has 0 saturated heterocycles. The van der Waals surface area contributed by atoms with Crippen molar-refractivity contribution >= 4 is 11.9 Å². The summed E-state index contributed by atoms with van der Waals surface area (Å²) in [7, 11) is 0. The van der Waals surface area contributed by atoms with Crippen molar-refractivity contribution < 1.29 is 19.4 Å². The quantitative estimate of drug-likeness (QED) is 0.421. The number of carbonyl (C=O) groups is 2. The Balaban J connectivity index is -0.000000206. The average molecular weight is 269 g/mol. The van der Waals surface area contributed by atoms with Crippen molar-refractivity contribution in [3.8, 4) is 0 Å². The second-order valence-corrected chi connectivity index (χ2v) is 2.76. The van der Waals surface area contributed by atoms with Crippen LogP contribution in [0.2, 0.25) is 0 Å². The number of aliphatic carboxylic acids is 1. The van der Waals surface area contributed by atoms with Gasteiger partial charge in [-0.3, -0.25) is 4.79 Å². The van der Waals surface area contributed by atoms with Gasteiger partial charge in [0.25, 0.3) is 0 Å². The summed E-state index contributed by atoms with van der Waals surface area (Å²) in [6, 6.07) is 0. The fourth-order valence-electron chi connectivity index (χ4n) is 0.481. The van der Waals surface area contributed by atoms with Crippen LogP contribution in [0.3, 0.4) is 0 Å². The molecule has 0 spiro atoms. The maximum atomic E-state index is 10.2. The lowest BCUT2D eigenvalue weighted by Gasteiger charge is -1.90. The number of hydrogen-bond acceptors (Lipinski definition) is 3. The molecule has 0 aromatic carbocycles. The molecule has 0 saturated carbocycles. The van der Waals surface area contributed by atoms with Gasteiger partial charge >= 0.3 is 5.97 Å². The summed E-state index contributed by atoms with van der Waals surface area (Å²) in [4.78, 5) is 19.4. The van der Waals surface area contributed by atoms with Crippen LogP contribution in [0.4, 0.5) is 0 Å². The van der Waals surface area contributed by atoms with Gasteiger partial charge in [-0.2, -0.15) is 0 Å². The third kappa shape index (κ3) is 38.8. The van der Waals surface area contributed by atoms with Crippen molar-refractivity contribution in [1.29, 1.82) is 0 Å². The zero-order valence-corrected chi connectivity index (χ0v) is 11.4. The number of likely N-dealkylation sites (N-methyl/N-ethyl adjacent to an activating group) is 1. The highest BCUT2D eigenvalue weighted by Crippen LogP contribution is 1.72. The first-order valence-corrected chi connectivity index (χ1v) is 5.55. The normalized spacial score (nSPS) is 7.42. The molecule has 5 nitrogen and oxygen atoms in total. The number of ether oxygens (including phenoxy) is 1. The third-order valence-electron chi connectivity index (χ3n) is 1.18. The van der Waals surface area contributed by atoms with Crippen molar-refractivity contribution in [2.24, 2.45) is 0 Å². The molecule has 1 amide bonds. The van der Waals surface area contributed by atoms with E-state index in [1.54, 1.807) is 12.2 Å². The summed E-state index contributed by atoms with van der Waals surface area (Å²) in [6.45, 7) is 16.9. The predicted molar refractivity (Wildman–Crippen MR) is 77.9 cm³/mol. The summed E-state index contributed by atoms with van der Waals surface area (Å²) in [6.07, 6.45) is 5.51. The lowest BCUT2D eigenvalue weighted by atomic mass is 10.6. The van der Waals surface area contributed by atoms with Crippen molar-refractivity contribution in [2.45, 2.75) is 6.92 Å². The zero-order valence-electron chi connectivity index (χ0n) is 11.4. The number of carboxylic acid groups (broad SMARTS) is 1. The average Bonchev–Trinajstić information content (AvgIpc) is 2.41. The largest absolute Gasteiger partial charge is 0.478 e. The topological polar surface area (TPSA) is 75.6 Å². The van der Waals surface area contributed by atoms with Crippen molar-refractivity contribution in [3.63, 3.8) is 0 Å². The Bertz CT molecular complexity index is 277. The van der Waals surface area contributed by atoms with Gasteiger partial charge in [-0.15, -0.1) is 13.2 Å². The number of hydrogen-bond donors (Lipinski definition) is 2. The smallest absolute Gasteiger partial charge is 0.327 e. The van der Waals surface area contributed by atoms with Gasteiger partial charge in [-0.05, 0) is 13.0 Å². The molecule has 19 heavy (non-hydrogen) atoms. The minimum atomic E-state index is -0.981. The van der Waals surface area contributed by atoms with E-state index in [9.17, 15) is 9.59 Å². The molecule has 0 aromatic heterocycles. The van der Waals surface area contributed by atoms with Gasteiger partial charge in [0.15, 0.2) is 0 Å². The number of rotatable bonds is 7. The number of amides is 1. The molecule has 0 fully saturated rings. The molecule has 108 valence electrons. The molecule has 0 unspecified atom stereocenters. The van der Waals surface area contributed by atoms with Gasteiger partial charge < -0.3 is 15.2 Å². The Morgan fingerprint density at radius 1 is 1.11 bits per heavy atom. The summed E-state index contributed by atoms with van der Waals surface area (Å²) in [5, 5.41) is 10.1. The number of carboxylic acids is 1. The third-order valence-corrected chi connectivity index (χ3v) is 1.18. The highest BCUT2D eigenvalue weighted by atomic mass is 16.5. The number of carbonyl (C=O) groups excluding carboxylic acids is 1. The zero-order chi connectivity index (χ0) is 15.5. The van der Waals surface area contributed by atoms with E-state index >= 15 is 0 Å². The highest BCUT2D eigenvalue weighted by molar-refractivity contribution is 5.86. The molecule has 0 bridgehead atoms. The van der Waals surface area contributed by atoms with Crippen molar-refractivity contribution in [3.05, 3.63) is 50.6 Å². The monoisotopic (exact) mass is 269 g/mol. The molecule has 0 aromatic rings. The van der Waals surface area contributed by atoms with Crippen LogP contribution < -0.4 is 5.32 Å². The Morgan fingerprint density at radius 2 is 1.53 bits per heavy atom. The Labute approximate surface area is 115 Å². The molecule has 5 heteroatoms. The Morgan fingerprint density at radius 3 is 1.68 bits per heavy atom. The SMILES string of the molecule is C=CC(=O)NCC.C=CC(=O)O.C=CCOCC=C. The minimum absolute atomic E-state index is 0.109. The maximum absolute atomic E-state index is 10.2. The summed E-state index contributed by atoms with van der Waals surface area (Å²) < 4.78 is 4.90. The Kier molecular flexibility index (Phi) is 24.6. The van der Waals surface area contributed by atoms with E-state index in [0.29, 0.717) is 19.8 Å². The maximum Gasteiger partial charge on any atom is 0.327 e. The number of nitrogens with one attached hydrogen (secondary N) is 1. The first kappa shape index (κ1) is 22.1. The second kappa shape index (κ2) is 21.2. The van der Waals surface area contributed by atoms with E-state index in [4.69, 9.17) is 9.84 Å². The van der Waals surface area contributed by atoms with Gasteiger partial charge in [0.1, 0.15) is 0 Å². The first-order chi connectivity index (χ1) is 8.99. The molecule has 0 aliphatic heterocycles. The lowest BCUT2D eigenvalue weighted by Crippen LogP contribution is -2.19. The van der Waals surface area contributed by atoms with E-state index in [-0.39, 0.29) is 5.91 Å². The van der Waals surface area contributed by atoms with Gasteiger partial charge in [0, 0.05) is 12.6 Å². The van der Waals surface area contributed by atoms with Gasteiger partial charge in [-0.1, -0.05) is 25.3 Å². The first-order valence-electron chi connectivity index (χ1n) is 5.55. The lowest BCUT2D eigenvalue weighted by molar-refractivity contribution is -0.131. The fraction of sp³-hybridized carbons (Fsp3) is 0.286. The van der Waals surface area contributed by atoms with Crippen LogP contribution in [0, 0.1) is 0 Å². The van der Waals surface area contributed by atoms with E-state index in [1.807, 2.05) is 6.92 Å². The van der Waals surface area contributed by atoms with Crippen molar-refractivity contribution in [1.82, 2.24) is 5.32 Å². The van der Waals surface area contributed by atoms with E-state index in [0.717, 1.165) is 6.08 Å². The molecule has 0 rings (SSSR count).